The van der Waals surface area contributed by atoms with E-state index < -0.39 is 6.04 Å². The van der Waals surface area contributed by atoms with E-state index in [0.717, 1.165) is 38.7 Å². The summed E-state index contributed by atoms with van der Waals surface area (Å²) in [5, 5.41) is 6.26. The van der Waals surface area contributed by atoms with Crippen molar-refractivity contribution in [1.82, 2.24) is 19.5 Å². The maximum Gasteiger partial charge on any atom is 0.241 e. The fraction of sp³-hybridized carbons (Fsp3) is 0.174. The third-order valence-corrected chi connectivity index (χ3v) is 5.68. The molecule has 0 saturated carbocycles. The third-order valence-electron chi connectivity index (χ3n) is 5.68. The molecule has 0 spiro atoms. The number of hydrogen-bond acceptors (Lipinski definition) is 4. The first kappa shape index (κ1) is 29.5. The number of para-hydroxylation sites is 1. The average molecular weight is 544 g/mol. The summed E-state index contributed by atoms with van der Waals surface area (Å²) in [6.45, 7) is 2.11. The molecule has 0 unspecified atom stereocenters. The van der Waals surface area contributed by atoms with Gasteiger partial charge in [0.15, 0.2) is 0 Å². The van der Waals surface area contributed by atoms with Gasteiger partial charge in [-0.1, -0.05) is 18.2 Å². The van der Waals surface area contributed by atoms with Crippen LogP contribution in [0.4, 0.5) is 5.69 Å². The molecule has 1 atom stereocenters. The van der Waals surface area contributed by atoms with Gasteiger partial charge >= 0.3 is 0 Å². The van der Waals surface area contributed by atoms with E-state index in [-0.39, 0.29) is 55.5 Å². The van der Waals surface area contributed by atoms with Crippen LogP contribution in [0.2, 0.25) is 0 Å². The van der Waals surface area contributed by atoms with Crippen LogP contribution in [0, 0.1) is 6.92 Å². The minimum atomic E-state index is -0.666. The second-order valence-corrected chi connectivity index (χ2v) is 7.62. The van der Waals surface area contributed by atoms with Crippen LogP contribution in [0.25, 0.3) is 32.8 Å². The topological polar surface area (TPSA) is 102 Å². The molecule has 0 aliphatic carbocycles. The molecule has 5 aromatic rings. The normalized spacial score (nSPS) is 11.1. The molecule has 1 amide bonds. The van der Waals surface area contributed by atoms with Crippen molar-refractivity contribution >= 4 is 94.1 Å². The highest BCUT2D eigenvalue weighted by Gasteiger charge is 2.17. The molecule has 5 rings (SSSR count). The number of nitrogens with two attached hydrogens (primary N) is 1. The average Bonchev–Trinajstić information content (AvgIpc) is 3.35. The van der Waals surface area contributed by atoms with E-state index in [9.17, 15) is 4.79 Å². The highest BCUT2D eigenvalue weighted by atomic mass is 35.5. The van der Waals surface area contributed by atoms with Crippen molar-refractivity contribution in [3.8, 4) is 0 Å². The molecule has 3 aromatic heterocycles. The van der Waals surface area contributed by atoms with Crippen molar-refractivity contribution < 1.29 is 4.79 Å². The smallest absolute Gasteiger partial charge is 0.241 e. The molecule has 2 aromatic carbocycles. The zero-order valence-electron chi connectivity index (χ0n) is 18.4. The number of imidazole rings is 1. The number of halogens is 4. The van der Waals surface area contributed by atoms with Crippen LogP contribution < -0.4 is 11.1 Å². The number of pyridine rings is 1. The first-order valence-corrected chi connectivity index (χ1v) is 9.84. The van der Waals surface area contributed by atoms with Gasteiger partial charge in [0.05, 0.1) is 23.4 Å². The lowest BCUT2D eigenvalue weighted by Crippen LogP contribution is -2.37. The summed E-state index contributed by atoms with van der Waals surface area (Å²) in [6, 6.07) is 13.4. The summed E-state index contributed by atoms with van der Waals surface area (Å²) in [5.41, 5.74) is 11.7. The molecule has 0 fully saturated rings. The van der Waals surface area contributed by atoms with Crippen LogP contribution in [-0.2, 0) is 18.3 Å². The standard InChI is InChI=1S/C23H22N6O.4ClH/c1-13-17-9-14(27-23(30)18(24)10-15-11-25-12-26-15)7-8-19(17)28-22-21(13)16-5-3-4-6-20(16)29(22)2;;;;/h3-9,11-12,18H,10,24H2,1-2H3,(H,25,26)(H,27,30);4*1H/t18-;;;;/m0..../s1. The zero-order chi connectivity index (χ0) is 20.8. The molecule has 11 heteroatoms. The Kier molecular flexibility index (Phi) is 10.2. The van der Waals surface area contributed by atoms with Crippen LogP contribution in [0.5, 0.6) is 0 Å². The van der Waals surface area contributed by atoms with Gasteiger partial charge in [-0.15, -0.1) is 49.6 Å². The predicted molar refractivity (Wildman–Crippen MR) is 148 cm³/mol. The molecule has 7 nitrogen and oxygen atoms in total. The lowest BCUT2D eigenvalue weighted by Gasteiger charge is -2.13. The molecule has 0 bridgehead atoms. The molecule has 34 heavy (non-hydrogen) atoms. The van der Waals surface area contributed by atoms with Crippen molar-refractivity contribution in [2.24, 2.45) is 12.8 Å². The second-order valence-electron chi connectivity index (χ2n) is 7.62. The highest BCUT2D eigenvalue weighted by molar-refractivity contribution is 6.13. The lowest BCUT2D eigenvalue weighted by atomic mass is 10.0. The van der Waals surface area contributed by atoms with Gasteiger partial charge in [0.25, 0.3) is 0 Å². The SMILES string of the molecule is Cc1c2cc(NC(=O)[C@@H](N)Cc3cnc[nH]3)ccc2nc2c1c1ccccc1n2C.Cl.Cl.Cl.Cl. The van der Waals surface area contributed by atoms with Gasteiger partial charge in [-0.3, -0.25) is 4.79 Å². The monoisotopic (exact) mass is 542 g/mol. The van der Waals surface area contributed by atoms with Gasteiger partial charge in [-0.2, -0.15) is 0 Å². The summed E-state index contributed by atoms with van der Waals surface area (Å²) in [4.78, 5) is 24.4. The Morgan fingerprint density at radius 2 is 1.85 bits per heavy atom. The molecule has 3 heterocycles. The summed E-state index contributed by atoms with van der Waals surface area (Å²) < 4.78 is 2.13. The number of fused-ring (bicyclic) bond motifs is 4. The van der Waals surface area contributed by atoms with Crippen molar-refractivity contribution in [1.29, 1.82) is 0 Å². The Balaban J connectivity index is 0.00000144. The number of amides is 1. The predicted octanol–water partition coefficient (Wildman–Crippen LogP) is 5.11. The molecular formula is C23H26Cl4N6O. The van der Waals surface area contributed by atoms with E-state index in [0.29, 0.717) is 12.1 Å². The quantitative estimate of drug-likeness (QED) is 0.293. The molecule has 0 aliphatic heterocycles. The molecule has 0 aliphatic rings. The molecule has 182 valence electrons. The van der Waals surface area contributed by atoms with Gasteiger partial charge in [0.2, 0.25) is 5.91 Å². The van der Waals surface area contributed by atoms with Gasteiger partial charge < -0.3 is 20.6 Å². The fourth-order valence-electron chi connectivity index (χ4n) is 4.10. The number of carbonyl (C=O) groups excluding carboxylic acids is 1. The Bertz CT molecular complexity index is 1420. The van der Waals surface area contributed by atoms with Crippen LogP contribution in [0.1, 0.15) is 11.3 Å². The number of nitrogens with zero attached hydrogens (tertiary/aromatic N) is 3. The molecular weight excluding hydrogens is 518 g/mol. The van der Waals surface area contributed by atoms with Crippen LogP contribution in [0.15, 0.2) is 55.0 Å². The van der Waals surface area contributed by atoms with E-state index in [2.05, 4.69) is 38.9 Å². The minimum Gasteiger partial charge on any atom is -0.348 e. The maximum absolute atomic E-state index is 12.6. The third kappa shape index (κ3) is 5.09. The van der Waals surface area contributed by atoms with E-state index in [1.807, 2.05) is 37.4 Å². The van der Waals surface area contributed by atoms with Crippen molar-refractivity contribution in [3.05, 3.63) is 66.2 Å². The zero-order valence-corrected chi connectivity index (χ0v) is 21.7. The minimum absolute atomic E-state index is 0. The Morgan fingerprint density at radius 1 is 1.12 bits per heavy atom. The first-order chi connectivity index (χ1) is 14.5. The van der Waals surface area contributed by atoms with Crippen LogP contribution in [-0.4, -0.2) is 31.5 Å². The number of aromatic nitrogens is 4. The van der Waals surface area contributed by atoms with Crippen molar-refractivity contribution in [2.75, 3.05) is 5.32 Å². The molecule has 0 saturated heterocycles. The number of aryl methyl sites for hydroxylation is 2. The van der Waals surface area contributed by atoms with E-state index in [1.165, 1.54) is 5.39 Å². The fourth-order valence-corrected chi connectivity index (χ4v) is 4.10. The molecule has 4 N–H and O–H groups in total. The summed E-state index contributed by atoms with van der Waals surface area (Å²) in [7, 11) is 2.04. The Labute approximate surface area is 221 Å². The number of anilines is 1. The Morgan fingerprint density at radius 3 is 2.56 bits per heavy atom. The van der Waals surface area contributed by atoms with E-state index in [1.54, 1.807) is 12.5 Å². The first-order valence-electron chi connectivity index (χ1n) is 9.84. The van der Waals surface area contributed by atoms with E-state index in [4.69, 9.17) is 10.7 Å². The second kappa shape index (κ2) is 11.7. The summed E-state index contributed by atoms with van der Waals surface area (Å²) in [5.74, 6) is -0.235. The van der Waals surface area contributed by atoms with Crippen molar-refractivity contribution in [2.45, 2.75) is 19.4 Å². The van der Waals surface area contributed by atoms with Gasteiger partial charge in [-0.05, 0) is 36.8 Å². The maximum atomic E-state index is 12.6. The van der Waals surface area contributed by atoms with Crippen molar-refractivity contribution in [3.63, 3.8) is 0 Å². The molecule has 0 radical (unpaired) electrons. The van der Waals surface area contributed by atoms with Crippen LogP contribution in [0.3, 0.4) is 0 Å². The van der Waals surface area contributed by atoms with E-state index >= 15 is 0 Å². The van der Waals surface area contributed by atoms with Gasteiger partial charge in [0.1, 0.15) is 5.65 Å². The summed E-state index contributed by atoms with van der Waals surface area (Å²) >= 11 is 0. The number of benzene rings is 2. The number of H-pyrrole nitrogens is 1. The number of rotatable bonds is 4. The number of carbonyl (C=O) groups is 1. The highest BCUT2D eigenvalue weighted by Crippen LogP contribution is 2.34. The van der Waals surface area contributed by atoms with Gasteiger partial charge in [0, 0.05) is 47.2 Å². The van der Waals surface area contributed by atoms with Gasteiger partial charge in [-0.25, -0.2) is 9.97 Å². The summed E-state index contributed by atoms with van der Waals surface area (Å²) in [6.07, 6.45) is 3.65. The number of hydrogen-bond donors (Lipinski definition) is 3. The number of aromatic amines is 1. The Hall–Kier alpha value is -2.55. The van der Waals surface area contributed by atoms with Crippen LogP contribution >= 0.6 is 49.6 Å². The number of nitrogens with one attached hydrogen (secondary N) is 2. The largest absolute Gasteiger partial charge is 0.348 e. The lowest BCUT2D eigenvalue weighted by molar-refractivity contribution is -0.117.